The number of hydrogen-bond donors (Lipinski definition) is 0. The summed E-state index contributed by atoms with van der Waals surface area (Å²) in [6.07, 6.45) is 4.22. The Hall–Kier alpha value is -0.590. The molecule has 0 aromatic carbocycles. The Balaban J connectivity index is 2.30. The lowest BCUT2D eigenvalue weighted by molar-refractivity contribution is -0.117. The highest BCUT2D eigenvalue weighted by molar-refractivity contribution is 5.95. The molecule has 0 spiro atoms. The lowest BCUT2D eigenvalue weighted by Crippen LogP contribution is -2.13. The highest BCUT2D eigenvalue weighted by Crippen LogP contribution is 2.45. The number of ketones is 1. The normalized spacial score (nSPS) is 42.5. The highest BCUT2D eigenvalue weighted by atomic mass is 16.1. The highest BCUT2D eigenvalue weighted by Gasteiger charge is 2.41. The molecular formula is C10H14O. The molecule has 0 bridgehead atoms. The van der Waals surface area contributed by atoms with Crippen LogP contribution in [0.25, 0.3) is 0 Å². The summed E-state index contributed by atoms with van der Waals surface area (Å²) in [7, 11) is 0. The zero-order valence-corrected chi connectivity index (χ0v) is 7.13. The summed E-state index contributed by atoms with van der Waals surface area (Å²) in [6.45, 7) is 4.37. The summed E-state index contributed by atoms with van der Waals surface area (Å²) in [6, 6.07) is 0. The topological polar surface area (TPSA) is 17.1 Å². The Bertz CT molecular complexity index is 227. The maximum atomic E-state index is 11.3. The molecule has 1 fully saturated rings. The molecule has 2 aliphatic carbocycles. The standard InChI is InChI=1S/C10H14O/c1-6-3-4-8-9(11)5-7(2)10(6)8/h5-6,8,10H,3-4H2,1-2H3. The Morgan fingerprint density at radius 1 is 1.45 bits per heavy atom. The summed E-state index contributed by atoms with van der Waals surface area (Å²) in [5.41, 5.74) is 1.32. The molecule has 60 valence electrons. The maximum absolute atomic E-state index is 11.3. The van der Waals surface area contributed by atoms with Gasteiger partial charge < -0.3 is 0 Å². The first kappa shape index (κ1) is 7.08. The lowest BCUT2D eigenvalue weighted by Gasteiger charge is -2.14. The molecule has 0 heterocycles. The second-order valence-electron chi connectivity index (χ2n) is 3.98. The van der Waals surface area contributed by atoms with E-state index in [2.05, 4.69) is 13.8 Å². The molecule has 1 nitrogen and oxygen atoms in total. The maximum Gasteiger partial charge on any atom is 0.159 e. The summed E-state index contributed by atoms with van der Waals surface area (Å²) in [5, 5.41) is 0. The van der Waals surface area contributed by atoms with Crippen molar-refractivity contribution in [2.45, 2.75) is 26.7 Å². The molecule has 0 aliphatic heterocycles. The third-order valence-corrected chi connectivity index (χ3v) is 3.24. The Morgan fingerprint density at radius 3 is 2.82 bits per heavy atom. The van der Waals surface area contributed by atoms with E-state index in [1.54, 1.807) is 0 Å². The van der Waals surface area contributed by atoms with Crippen LogP contribution in [0.3, 0.4) is 0 Å². The molecule has 0 N–H and O–H groups in total. The van der Waals surface area contributed by atoms with Gasteiger partial charge in [0.2, 0.25) is 0 Å². The van der Waals surface area contributed by atoms with Crippen LogP contribution in [0.15, 0.2) is 11.6 Å². The molecular weight excluding hydrogens is 136 g/mol. The second-order valence-corrected chi connectivity index (χ2v) is 3.98. The van der Waals surface area contributed by atoms with Crippen LogP contribution in [0.4, 0.5) is 0 Å². The number of hydrogen-bond acceptors (Lipinski definition) is 1. The molecule has 0 aromatic rings. The van der Waals surface area contributed by atoms with Crippen LogP contribution in [-0.2, 0) is 4.79 Å². The van der Waals surface area contributed by atoms with Crippen molar-refractivity contribution in [1.82, 2.24) is 0 Å². The molecule has 0 amide bonds. The number of allylic oxidation sites excluding steroid dienone is 2. The molecule has 0 saturated heterocycles. The van der Waals surface area contributed by atoms with E-state index < -0.39 is 0 Å². The smallest absolute Gasteiger partial charge is 0.159 e. The monoisotopic (exact) mass is 150 g/mol. The minimum Gasteiger partial charge on any atom is -0.295 e. The minimum atomic E-state index is 0.366. The van der Waals surface area contributed by atoms with Crippen molar-refractivity contribution in [2.75, 3.05) is 0 Å². The van der Waals surface area contributed by atoms with Gasteiger partial charge in [-0.2, -0.15) is 0 Å². The van der Waals surface area contributed by atoms with Crippen molar-refractivity contribution in [2.24, 2.45) is 17.8 Å². The zero-order chi connectivity index (χ0) is 8.01. The number of carbonyl (C=O) groups excluding carboxylic acids is 1. The Morgan fingerprint density at radius 2 is 2.18 bits per heavy atom. The van der Waals surface area contributed by atoms with E-state index in [4.69, 9.17) is 0 Å². The number of carbonyl (C=O) groups is 1. The molecule has 1 saturated carbocycles. The zero-order valence-electron chi connectivity index (χ0n) is 7.13. The van der Waals surface area contributed by atoms with E-state index in [9.17, 15) is 4.79 Å². The second kappa shape index (κ2) is 2.20. The Labute approximate surface area is 67.5 Å². The predicted molar refractivity (Wildman–Crippen MR) is 44.1 cm³/mol. The molecule has 2 rings (SSSR count). The van der Waals surface area contributed by atoms with Crippen molar-refractivity contribution >= 4 is 5.78 Å². The Kier molecular flexibility index (Phi) is 1.41. The van der Waals surface area contributed by atoms with E-state index in [0.717, 1.165) is 12.3 Å². The van der Waals surface area contributed by atoms with Crippen molar-refractivity contribution in [3.8, 4) is 0 Å². The largest absolute Gasteiger partial charge is 0.295 e. The fourth-order valence-corrected chi connectivity index (χ4v) is 2.71. The predicted octanol–water partition coefficient (Wildman–Crippen LogP) is 2.18. The minimum absolute atomic E-state index is 0.366. The van der Waals surface area contributed by atoms with Crippen LogP contribution in [0, 0.1) is 17.8 Å². The van der Waals surface area contributed by atoms with Crippen LogP contribution in [0.2, 0.25) is 0 Å². The number of rotatable bonds is 0. The number of fused-ring (bicyclic) bond motifs is 1. The molecule has 11 heavy (non-hydrogen) atoms. The first-order chi connectivity index (χ1) is 5.20. The van der Waals surface area contributed by atoms with Gasteiger partial charge in [0, 0.05) is 5.92 Å². The average Bonchev–Trinajstić information content (AvgIpc) is 2.41. The van der Waals surface area contributed by atoms with E-state index in [-0.39, 0.29) is 0 Å². The van der Waals surface area contributed by atoms with Crippen LogP contribution < -0.4 is 0 Å². The van der Waals surface area contributed by atoms with Crippen molar-refractivity contribution in [3.63, 3.8) is 0 Å². The quantitative estimate of drug-likeness (QED) is 0.517. The van der Waals surface area contributed by atoms with Crippen LogP contribution in [0.1, 0.15) is 26.7 Å². The van der Waals surface area contributed by atoms with Gasteiger partial charge in [-0.1, -0.05) is 12.5 Å². The SMILES string of the molecule is CC1=CC(=O)C2CCC(C)C12. The van der Waals surface area contributed by atoms with E-state index >= 15 is 0 Å². The summed E-state index contributed by atoms with van der Waals surface area (Å²) in [4.78, 5) is 11.3. The molecule has 0 radical (unpaired) electrons. The van der Waals surface area contributed by atoms with Crippen molar-refractivity contribution in [1.29, 1.82) is 0 Å². The van der Waals surface area contributed by atoms with E-state index in [1.165, 1.54) is 12.0 Å². The third-order valence-electron chi connectivity index (χ3n) is 3.24. The van der Waals surface area contributed by atoms with Gasteiger partial charge in [0.05, 0.1) is 0 Å². The fraction of sp³-hybridized carbons (Fsp3) is 0.700. The van der Waals surface area contributed by atoms with Crippen LogP contribution in [0.5, 0.6) is 0 Å². The van der Waals surface area contributed by atoms with Crippen LogP contribution >= 0.6 is 0 Å². The van der Waals surface area contributed by atoms with Gasteiger partial charge in [0.15, 0.2) is 5.78 Å². The summed E-state index contributed by atoms with van der Waals surface area (Å²) < 4.78 is 0. The summed E-state index contributed by atoms with van der Waals surface area (Å²) >= 11 is 0. The molecule has 3 unspecified atom stereocenters. The lowest BCUT2D eigenvalue weighted by atomic mass is 9.89. The van der Waals surface area contributed by atoms with Crippen molar-refractivity contribution < 1.29 is 4.79 Å². The fourth-order valence-electron chi connectivity index (χ4n) is 2.71. The molecule has 2 aliphatic rings. The van der Waals surface area contributed by atoms with Gasteiger partial charge in [0.1, 0.15) is 0 Å². The van der Waals surface area contributed by atoms with Gasteiger partial charge in [-0.3, -0.25) is 4.79 Å². The van der Waals surface area contributed by atoms with Gasteiger partial charge in [0.25, 0.3) is 0 Å². The van der Waals surface area contributed by atoms with Crippen molar-refractivity contribution in [3.05, 3.63) is 11.6 Å². The van der Waals surface area contributed by atoms with Gasteiger partial charge in [-0.25, -0.2) is 0 Å². The first-order valence-electron chi connectivity index (χ1n) is 4.42. The average molecular weight is 150 g/mol. The third kappa shape index (κ3) is 0.867. The summed E-state index contributed by atoms with van der Waals surface area (Å²) in [5.74, 6) is 2.09. The van der Waals surface area contributed by atoms with Crippen LogP contribution in [-0.4, -0.2) is 5.78 Å². The van der Waals surface area contributed by atoms with Gasteiger partial charge >= 0.3 is 0 Å². The van der Waals surface area contributed by atoms with Gasteiger partial charge in [-0.05, 0) is 37.7 Å². The van der Waals surface area contributed by atoms with E-state index in [0.29, 0.717) is 17.6 Å². The molecule has 0 aromatic heterocycles. The van der Waals surface area contributed by atoms with E-state index in [1.807, 2.05) is 6.08 Å². The first-order valence-corrected chi connectivity index (χ1v) is 4.42. The van der Waals surface area contributed by atoms with Gasteiger partial charge in [-0.15, -0.1) is 0 Å². The molecule has 3 atom stereocenters. The molecule has 1 heteroatoms.